The lowest BCUT2D eigenvalue weighted by molar-refractivity contribution is -0.893. The molecular formula is C96H169Cl2N6O21+. The number of unbranched alkanes of at least 4 members (excludes halogenated alkanes) is 26. The molecule has 27 nitrogen and oxygen atoms in total. The fourth-order valence-electron chi connectivity index (χ4n) is 14.8. The molecule has 5 amide bonds. The van der Waals surface area contributed by atoms with Crippen LogP contribution in [-0.2, 0) is 96.7 Å². The molecule has 1 aliphatic rings. The Labute approximate surface area is 762 Å². The number of likely N-dealkylation sites (N-methyl/N-ethyl adjacent to an activating group) is 1. The first kappa shape index (κ1) is 114. The number of carboxylic acid groups (broad SMARTS) is 1. The van der Waals surface area contributed by atoms with Gasteiger partial charge in [0.2, 0.25) is 23.6 Å². The van der Waals surface area contributed by atoms with Gasteiger partial charge in [0.05, 0.1) is 207 Å². The van der Waals surface area contributed by atoms with Crippen molar-refractivity contribution in [3.05, 3.63) is 63.6 Å². The summed E-state index contributed by atoms with van der Waals surface area (Å²) in [6.07, 6.45) is 42.1. The van der Waals surface area contributed by atoms with Crippen molar-refractivity contribution in [1.82, 2.24) is 21.3 Å². The van der Waals surface area contributed by atoms with Crippen molar-refractivity contribution in [2.75, 3.05) is 231 Å². The Bertz CT molecular complexity index is 2940. The summed E-state index contributed by atoms with van der Waals surface area (Å²) >= 11 is 12.4. The number of carbonyl (C=O) groups is 6. The Morgan fingerprint density at radius 1 is 0.416 bits per heavy atom. The van der Waals surface area contributed by atoms with E-state index in [1.807, 2.05) is 0 Å². The average molecular weight is 1810 g/mol. The minimum Gasteiger partial charge on any atom is -0.480 e. The summed E-state index contributed by atoms with van der Waals surface area (Å²) in [5.74, 6) is -2.54. The summed E-state index contributed by atoms with van der Waals surface area (Å²) in [6.45, 7) is 20.9. The van der Waals surface area contributed by atoms with Gasteiger partial charge in [-0.15, -0.1) is 0 Å². The van der Waals surface area contributed by atoms with Crippen LogP contribution in [0.15, 0.2) is 42.5 Å². The lowest BCUT2D eigenvalue weighted by Crippen LogP contribution is -2.57. The van der Waals surface area contributed by atoms with Crippen LogP contribution < -0.4 is 26.6 Å². The van der Waals surface area contributed by atoms with Gasteiger partial charge in [-0.1, -0.05) is 235 Å². The Morgan fingerprint density at radius 3 is 1.17 bits per heavy atom. The molecule has 1 fully saturated rings. The van der Waals surface area contributed by atoms with Crippen molar-refractivity contribution >= 4 is 64.4 Å². The van der Waals surface area contributed by atoms with Crippen LogP contribution in [0.5, 0.6) is 0 Å². The zero-order chi connectivity index (χ0) is 90.3. The maximum absolute atomic E-state index is 13.9. The third kappa shape index (κ3) is 63.8. The van der Waals surface area contributed by atoms with Crippen LogP contribution in [0.3, 0.4) is 0 Å². The Kier molecular flexibility index (Phi) is 72.3. The molecule has 0 radical (unpaired) electrons. The van der Waals surface area contributed by atoms with Gasteiger partial charge in [0.15, 0.2) is 0 Å². The van der Waals surface area contributed by atoms with Gasteiger partial charge in [-0.05, 0) is 68.9 Å². The number of carbonyl (C=O) groups excluding carboxylic acids is 5. The number of nitrogens with zero attached hydrogens (tertiary/aromatic N) is 1. The van der Waals surface area contributed by atoms with Crippen LogP contribution in [0.25, 0.3) is 0 Å². The number of halogens is 2. The largest absolute Gasteiger partial charge is 0.480 e. The molecule has 3 rings (SSSR count). The summed E-state index contributed by atoms with van der Waals surface area (Å²) in [5.41, 5.74) is -1.21. The van der Waals surface area contributed by atoms with E-state index in [2.05, 4.69) is 54.5 Å². The molecule has 722 valence electrons. The molecule has 29 heteroatoms. The van der Waals surface area contributed by atoms with Crippen LogP contribution >= 0.6 is 23.2 Å². The van der Waals surface area contributed by atoms with Crippen LogP contribution in [-0.4, -0.2) is 282 Å². The molecule has 0 aromatic heterocycles. The molecule has 6 N–H and O–H groups in total. The molecule has 2 aromatic rings. The fraction of sp³-hybridized carbons (Fsp3) is 0.812. The molecule has 0 aliphatic heterocycles. The standard InChI is InChI=1S/C96H168Cl2N6O21/c1-6-8-10-12-14-16-18-20-22-24-26-28-30-34-54-124-82-85(125-55-35-31-29-27-25-23-21-19-17-15-13-11-9-7-2)81-104(4,5)53-37-50-99-88(105)44-45-89(106)101-52-57-113-59-61-115-63-65-117-67-69-119-71-73-121-75-77-123-79-78-122-76-74-120-72-70-118-68-66-116-64-62-114-60-58-112-56-46-90(107)100-51-49-96(47-32-33-48-96)93(109)103-95(3,94(110)111)80-83-40-42-84(43-41-83)102-92(108)91-86(97)38-36-39-87(91)98/h36,38-43,85H,6-35,37,44-82H2,1-5H3,(H5-,99,100,101,102,103,105,106,107,108,109,110,111)/p+1/t85?,95-/m0/s1. The minimum atomic E-state index is -1.63. The summed E-state index contributed by atoms with van der Waals surface area (Å²) in [4.78, 5) is 77.2. The van der Waals surface area contributed by atoms with E-state index in [-0.39, 0.29) is 84.2 Å². The Balaban J connectivity index is 1.03. The van der Waals surface area contributed by atoms with Crippen molar-refractivity contribution in [1.29, 1.82) is 0 Å². The summed E-state index contributed by atoms with van der Waals surface area (Å²) < 4.78 is 80.5. The molecular weight excluding hydrogens is 1640 g/mol. The van der Waals surface area contributed by atoms with Crippen molar-refractivity contribution in [2.45, 2.75) is 276 Å². The highest BCUT2D eigenvalue weighted by Crippen LogP contribution is 2.42. The van der Waals surface area contributed by atoms with E-state index in [4.69, 9.17) is 89.5 Å². The Morgan fingerprint density at radius 2 is 0.768 bits per heavy atom. The van der Waals surface area contributed by atoms with Crippen LogP contribution in [0.2, 0.25) is 10.0 Å². The van der Waals surface area contributed by atoms with E-state index < -0.39 is 22.8 Å². The predicted molar refractivity (Wildman–Crippen MR) is 495 cm³/mol. The highest BCUT2D eigenvalue weighted by atomic mass is 35.5. The van der Waals surface area contributed by atoms with Gasteiger partial charge < -0.3 is 102 Å². The zero-order valence-corrected chi connectivity index (χ0v) is 79.4. The van der Waals surface area contributed by atoms with Crippen LogP contribution in [0.4, 0.5) is 5.69 Å². The maximum atomic E-state index is 13.9. The highest BCUT2D eigenvalue weighted by Gasteiger charge is 2.45. The smallest absolute Gasteiger partial charge is 0.329 e. The predicted octanol–water partition coefficient (Wildman–Crippen LogP) is 16.2. The fourth-order valence-corrected chi connectivity index (χ4v) is 15.4. The topological polar surface area (TPSA) is 312 Å². The van der Waals surface area contributed by atoms with E-state index in [9.17, 15) is 33.9 Å². The molecule has 2 atom stereocenters. The normalized spacial score (nSPS) is 13.4. The van der Waals surface area contributed by atoms with Crippen LogP contribution in [0, 0.1) is 5.41 Å². The number of anilines is 1. The van der Waals surface area contributed by atoms with E-state index in [0.717, 1.165) is 62.9 Å². The molecule has 0 spiro atoms. The molecule has 1 aliphatic carbocycles. The van der Waals surface area contributed by atoms with Gasteiger partial charge in [-0.2, -0.15) is 0 Å². The Hall–Kier alpha value is -4.76. The first-order chi connectivity index (χ1) is 60.9. The number of hydrogen-bond acceptors (Lipinski definition) is 20. The third-order valence-corrected chi connectivity index (χ3v) is 22.9. The molecule has 125 heavy (non-hydrogen) atoms. The summed E-state index contributed by atoms with van der Waals surface area (Å²) in [6, 6.07) is 11.4. The molecule has 2 aromatic carbocycles. The van der Waals surface area contributed by atoms with Crippen LogP contribution in [0.1, 0.15) is 274 Å². The average Bonchev–Trinajstić information content (AvgIpc) is 1.73. The van der Waals surface area contributed by atoms with Gasteiger partial charge >= 0.3 is 5.97 Å². The SMILES string of the molecule is CCCCCCCCCCCCCCCCOCC(C[N+](C)(C)CCCNC(=O)CCC(=O)NCCOCCOCCOCCOCCOCCOCCOCCOCCOCCOCCOCCOCCC(=O)NCCC1(C(=O)N[C@@](C)(Cc2ccc(NC(=O)c3c(Cl)cccc3Cl)cc2)C(=O)O)CCCC1)OCCCCCCCCCCCCCCCC. The number of benzene rings is 2. The van der Waals surface area contributed by atoms with Crippen molar-refractivity contribution in [3.8, 4) is 0 Å². The van der Waals surface area contributed by atoms with E-state index in [1.165, 1.54) is 174 Å². The first-order valence-corrected chi connectivity index (χ1v) is 48.8. The molecule has 0 saturated heterocycles. The summed E-state index contributed by atoms with van der Waals surface area (Å²) in [5, 5.41) is 25.1. The second-order valence-electron chi connectivity index (χ2n) is 33.9. The lowest BCUT2D eigenvalue weighted by Gasteiger charge is -2.34. The molecule has 0 heterocycles. The molecule has 1 saturated carbocycles. The second kappa shape index (κ2) is 79.0. The number of quaternary nitrogens is 1. The molecule has 0 bridgehead atoms. The number of carboxylic acids is 1. The zero-order valence-electron chi connectivity index (χ0n) is 77.9. The minimum absolute atomic E-state index is 0.00825. The van der Waals surface area contributed by atoms with Gasteiger partial charge in [-0.3, -0.25) is 24.0 Å². The van der Waals surface area contributed by atoms with Gasteiger partial charge in [0, 0.05) is 70.6 Å². The lowest BCUT2D eigenvalue weighted by atomic mass is 9.80. The third-order valence-electron chi connectivity index (χ3n) is 22.3. The van der Waals surface area contributed by atoms with E-state index in [1.54, 1.807) is 42.5 Å². The van der Waals surface area contributed by atoms with Gasteiger partial charge in [0.1, 0.15) is 18.2 Å². The maximum Gasteiger partial charge on any atom is 0.329 e. The van der Waals surface area contributed by atoms with Crippen molar-refractivity contribution < 1.29 is 105 Å². The number of ether oxygens (including phenoxy) is 14. The van der Waals surface area contributed by atoms with Gasteiger partial charge in [0.25, 0.3) is 5.91 Å². The number of amides is 5. The monoisotopic (exact) mass is 1810 g/mol. The van der Waals surface area contributed by atoms with E-state index in [0.29, 0.717) is 202 Å². The van der Waals surface area contributed by atoms with Crippen molar-refractivity contribution in [2.24, 2.45) is 5.41 Å². The number of aliphatic carboxylic acids is 1. The van der Waals surface area contributed by atoms with E-state index >= 15 is 0 Å². The number of nitrogens with one attached hydrogen (secondary N) is 5. The quantitative estimate of drug-likeness (QED) is 0.0265. The van der Waals surface area contributed by atoms with Crippen molar-refractivity contribution in [3.63, 3.8) is 0 Å². The number of hydrogen-bond donors (Lipinski definition) is 6. The number of rotatable bonds is 91. The highest BCUT2D eigenvalue weighted by molar-refractivity contribution is 6.40. The van der Waals surface area contributed by atoms with Gasteiger partial charge in [-0.25, -0.2) is 4.79 Å². The second-order valence-corrected chi connectivity index (χ2v) is 34.7. The summed E-state index contributed by atoms with van der Waals surface area (Å²) in [7, 11) is 4.48. The first-order valence-electron chi connectivity index (χ1n) is 48.1. The molecule has 1 unspecified atom stereocenters.